The summed E-state index contributed by atoms with van der Waals surface area (Å²) >= 11 is 0. The molecule has 2 saturated heterocycles. The van der Waals surface area contributed by atoms with Crippen molar-refractivity contribution in [2.45, 2.75) is 87.7 Å². The van der Waals surface area contributed by atoms with Gasteiger partial charge in [-0.25, -0.2) is 0 Å². The van der Waals surface area contributed by atoms with Crippen LogP contribution >= 0.6 is 0 Å². The van der Waals surface area contributed by atoms with Crippen LogP contribution in [0.2, 0.25) is 0 Å². The Balaban J connectivity index is 2.18. The highest BCUT2D eigenvalue weighted by molar-refractivity contribution is 4.97. The van der Waals surface area contributed by atoms with E-state index in [4.69, 9.17) is 39.9 Å². The second kappa shape index (κ2) is 10.2. The Morgan fingerprint density at radius 1 is 0.828 bits per heavy atom. The summed E-state index contributed by atoms with van der Waals surface area (Å²) in [5.41, 5.74) is 11.4. The van der Waals surface area contributed by atoms with E-state index in [1.165, 1.54) is 14.2 Å². The van der Waals surface area contributed by atoms with E-state index < -0.39 is 66.9 Å². The Labute approximate surface area is 171 Å². The first kappa shape index (κ1) is 24.8. The molecule has 11 heteroatoms. The van der Waals surface area contributed by atoms with Gasteiger partial charge in [0.15, 0.2) is 12.6 Å². The van der Waals surface area contributed by atoms with Crippen molar-refractivity contribution in [2.75, 3.05) is 27.4 Å². The fourth-order valence-corrected chi connectivity index (χ4v) is 3.49. The Hall–Kier alpha value is -0.440. The fraction of sp³-hybridized carbons (Fsp3) is 1.00. The van der Waals surface area contributed by atoms with Crippen molar-refractivity contribution in [3.8, 4) is 0 Å². The van der Waals surface area contributed by atoms with E-state index in [9.17, 15) is 15.3 Å². The molecule has 0 aromatic carbocycles. The number of nitrogens with two attached hydrogens (primary N) is 2. The zero-order valence-electron chi connectivity index (χ0n) is 17.6. The molecule has 10 atom stereocenters. The number of methoxy groups -OCH3 is 2. The Morgan fingerprint density at radius 2 is 1.34 bits per heavy atom. The molecule has 10 unspecified atom stereocenters. The quantitative estimate of drug-likeness (QED) is 0.297. The molecule has 2 aliphatic heterocycles. The summed E-state index contributed by atoms with van der Waals surface area (Å²) in [5, 5.41) is 31.2. The van der Waals surface area contributed by atoms with Gasteiger partial charge in [-0.15, -0.1) is 0 Å². The Kier molecular flexibility index (Phi) is 8.77. The highest BCUT2D eigenvalue weighted by Gasteiger charge is 2.50. The van der Waals surface area contributed by atoms with Gasteiger partial charge in [0.05, 0.1) is 30.9 Å². The normalized spacial score (nSPS) is 44.1. The lowest BCUT2D eigenvalue weighted by Crippen LogP contribution is -2.68. The van der Waals surface area contributed by atoms with E-state index in [2.05, 4.69) is 0 Å². The first-order chi connectivity index (χ1) is 13.5. The first-order valence-corrected chi connectivity index (χ1v) is 9.67. The third-order valence-electron chi connectivity index (χ3n) is 4.90. The molecule has 7 N–H and O–H groups in total. The molecule has 29 heavy (non-hydrogen) atoms. The van der Waals surface area contributed by atoms with E-state index in [1.54, 1.807) is 0 Å². The van der Waals surface area contributed by atoms with Crippen molar-refractivity contribution in [1.29, 1.82) is 0 Å². The van der Waals surface area contributed by atoms with Gasteiger partial charge in [-0.1, -0.05) is 0 Å². The van der Waals surface area contributed by atoms with E-state index >= 15 is 0 Å². The highest BCUT2D eigenvalue weighted by Crippen LogP contribution is 2.30. The van der Waals surface area contributed by atoms with Crippen LogP contribution in [0, 0.1) is 0 Å². The minimum atomic E-state index is -1.37. The van der Waals surface area contributed by atoms with Crippen LogP contribution in [0.4, 0.5) is 0 Å². The van der Waals surface area contributed by atoms with Gasteiger partial charge < -0.3 is 55.2 Å². The molecule has 0 amide bonds. The highest BCUT2D eigenvalue weighted by atomic mass is 16.7. The standard InChI is InChI=1S/C18H36N2O9/c1-18(2,3)29-15-9(7-25-5)27-17(11(20)13(15)22)28-14-8(6-24-4)26-16(23)10(19)12(14)21/h8-17,21-23H,6-7,19-20H2,1-5H3. The molecule has 0 aromatic rings. The topological polar surface area (TPSA) is 168 Å². The lowest BCUT2D eigenvalue weighted by molar-refractivity contribution is -0.332. The average molecular weight is 424 g/mol. The van der Waals surface area contributed by atoms with Crippen molar-refractivity contribution in [1.82, 2.24) is 0 Å². The largest absolute Gasteiger partial charge is 0.388 e. The van der Waals surface area contributed by atoms with E-state index in [1.807, 2.05) is 20.8 Å². The van der Waals surface area contributed by atoms with E-state index in [-0.39, 0.29) is 13.2 Å². The van der Waals surface area contributed by atoms with Crippen molar-refractivity contribution in [2.24, 2.45) is 11.5 Å². The second-order valence-corrected chi connectivity index (χ2v) is 8.45. The molecule has 2 heterocycles. The molecular formula is C18H36N2O9. The van der Waals surface area contributed by atoms with Crippen LogP contribution in [0.5, 0.6) is 0 Å². The smallest absolute Gasteiger partial charge is 0.176 e. The minimum Gasteiger partial charge on any atom is -0.388 e. The third kappa shape index (κ3) is 6.05. The maximum Gasteiger partial charge on any atom is 0.176 e. The van der Waals surface area contributed by atoms with Gasteiger partial charge >= 0.3 is 0 Å². The van der Waals surface area contributed by atoms with E-state index in [0.717, 1.165) is 0 Å². The predicted molar refractivity (Wildman–Crippen MR) is 101 cm³/mol. The van der Waals surface area contributed by atoms with Crippen LogP contribution in [-0.2, 0) is 28.4 Å². The minimum absolute atomic E-state index is 0.0350. The van der Waals surface area contributed by atoms with Gasteiger partial charge in [-0.3, -0.25) is 0 Å². The van der Waals surface area contributed by atoms with Gasteiger partial charge in [0.2, 0.25) is 0 Å². The molecule has 0 bridgehead atoms. The van der Waals surface area contributed by atoms with Gasteiger partial charge in [-0.2, -0.15) is 0 Å². The lowest BCUT2D eigenvalue weighted by Gasteiger charge is -2.48. The Bertz CT molecular complexity index is 506. The van der Waals surface area contributed by atoms with Crippen molar-refractivity contribution in [3.63, 3.8) is 0 Å². The molecule has 0 spiro atoms. The monoisotopic (exact) mass is 424 g/mol. The van der Waals surface area contributed by atoms with Crippen LogP contribution in [0.1, 0.15) is 20.8 Å². The molecule has 0 radical (unpaired) electrons. The SMILES string of the molecule is COCC1OC(O)C(N)C(O)C1OC1OC(COC)C(OC(C)(C)C)C(O)C1N. The van der Waals surface area contributed by atoms with Crippen LogP contribution in [0.15, 0.2) is 0 Å². The summed E-state index contributed by atoms with van der Waals surface area (Å²) in [7, 11) is 2.95. The zero-order valence-corrected chi connectivity index (χ0v) is 17.6. The van der Waals surface area contributed by atoms with Gasteiger partial charge in [0, 0.05) is 14.2 Å². The molecule has 172 valence electrons. The second-order valence-electron chi connectivity index (χ2n) is 8.45. The van der Waals surface area contributed by atoms with Crippen LogP contribution < -0.4 is 11.5 Å². The number of aliphatic hydroxyl groups is 3. The summed E-state index contributed by atoms with van der Waals surface area (Å²) in [6.45, 7) is 5.74. The molecule has 2 aliphatic rings. The van der Waals surface area contributed by atoms with Crippen LogP contribution in [0.3, 0.4) is 0 Å². The predicted octanol–water partition coefficient (Wildman–Crippen LogP) is -2.33. The summed E-state index contributed by atoms with van der Waals surface area (Å²) in [5.74, 6) is 0. The molecule has 2 rings (SSSR count). The summed E-state index contributed by atoms with van der Waals surface area (Å²) in [4.78, 5) is 0. The van der Waals surface area contributed by atoms with Crippen molar-refractivity contribution < 1.29 is 43.7 Å². The molecule has 2 fully saturated rings. The maximum absolute atomic E-state index is 10.8. The number of rotatable bonds is 7. The summed E-state index contributed by atoms with van der Waals surface area (Å²) in [6.07, 6.45) is -8.08. The zero-order chi connectivity index (χ0) is 21.9. The van der Waals surface area contributed by atoms with Crippen molar-refractivity contribution in [3.05, 3.63) is 0 Å². The van der Waals surface area contributed by atoms with Crippen LogP contribution in [0.25, 0.3) is 0 Å². The van der Waals surface area contributed by atoms with Gasteiger partial charge in [0.25, 0.3) is 0 Å². The number of ether oxygens (including phenoxy) is 6. The Morgan fingerprint density at radius 3 is 1.86 bits per heavy atom. The number of aliphatic hydroxyl groups excluding tert-OH is 3. The van der Waals surface area contributed by atoms with Crippen molar-refractivity contribution >= 4 is 0 Å². The molecule has 0 saturated carbocycles. The lowest BCUT2D eigenvalue weighted by atomic mass is 9.95. The first-order valence-electron chi connectivity index (χ1n) is 9.67. The summed E-state index contributed by atoms with van der Waals surface area (Å²) < 4.78 is 33.5. The average Bonchev–Trinajstić information content (AvgIpc) is 2.63. The molecule has 11 nitrogen and oxygen atoms in total. The van der Waals surface area contributed by atoms with Gasteiger partial charge in [0.1, 0.15) is 36.6 Å². The third-order valence-corrected chi connectivity index (χ3v) is 4.90. The molecule has 0 aromatic heterocycles. The number of hydrogen-bond donors (Lipinski definition) is 5. The number of hydrogen-bond acceptors (Lipinski definition) is 11. The van der Waals surface area contributed by atoms with Crippen LogP contribution in [-0.4, -0.2) is 110 Å². The van der Waals surface area contributed by atoms with Gasteiger partial charge in [-0.05, 0) is 20.8 Å². The molecular weight excluding hydrogens is 388 g/mol. The maximum atomic E-state index is 10.8. The fourth-order valence-electron chi connectivity index (χ4n) is 3.49. The van der Waals surface area contributed by atoms with E-state index in [0.29, 0.717) is 0 Å². The molecule has 0 aliphatic carbocycles. The summed E-state index contributed by atoms with van der Waals surface area (Å²) in [6, 6.07) is -2.07.